The van der Waals surface area contributed by atoms with Crippen molar-refractivity contribution in [1.29, 1.82) is 0 Å². The molecule has 0 bridgehead atoms. The summed E-state index contributed by atoms with van der Waals surface area (Å²) in [5.74, 6) is -0.393. The van der Waals surface area contributed by atoms with Gasteiger partial charge in [0.05, 0.1) is 17.0 Å². The predicted octanol–water partition coefficient (Wildman–Crippen LogP) is 4.11. The Morgan fingerprint density at radius 3 is 2.57 bits per heavy atom. The molecule has 0 fully saturated rings. The van der Waals surface area contributed by atoms with Gasteiger partial charge in [0.2, 0.25) is 11.0 Å². The van der Waals surface area contributed by atoms with Gasteiger partial charge in [-0.25, -0.2) is 0 Å². The zero-order valence-corrected chi connectivity index (χ0v) is 17.8. The van der Waals surface area contributed by atoms with Crippen LogP contribution in [0.2, 0.25) is 5.02 Å². The van der Waals surface area contributed by atoms with E-state index in [1.54, 1.807) is 24.3 Å². The third kappa shape index (κ3) is 5.85. The molecular formula is C19H16BrClN4O2S. The maximum Gasteiger partial charge on any atom is 0.252 e. The molecule has 0 saturated carbocycles. The molecule has 0 saturated heterocycles. The summed E-state index contributed by atoms with van der Waals surface area (Å²) in [4.78, 5) is 24.2. The molecule has 2 aromatic carbocycles. The molecule has 2 N–H and O–H groups in total. The molecule has 144 valence electrons. The third-order valence-corrected chi connectivity index (χ3v) is 5.49. The molecule has 3 rings (SSSR count). The Morgan fingerprint density at radius 1 is 1.07 bits per heavy atom. The van der Waals surface area contributed by atoms with Crippen LogP contribution in [0, 0.1) is 0 Å². The van der Waals surface area contributed by atoms with E-state index < -0.39 is 0 Å². The van der Waals surface area contributed by atoms with E-state index in [2.05, 4.69) is 36.8 Å². The number of benzene rings is 2. The topological polar surface area (TPSA) is 84.0 Å². The molecule has 0 aliphatic heterocycles. The van der Waals surface area contributed by atoms with Crippen LogP contribution in [0.25, 0.3) is 0 Å². The van der Waals surface area contributed by atoms with Gasteiger partial charge in [0.15, 0.2) is 0 Å². The number of hydrogen-bond acceptors (Lipinski definition) is 5. The summed E-state index contributed by atoms with van der Waals surface area (Å²) in [6.45, 7) is 0.394. The van der Waals surface area contributed by atoms with Gasteiger partial charge in [-0.05, 0) is 29.8 Å². The molecule has 0 aliphatic rings. The predicted molar refractivity (Wildman–Crippen MR) is 114 cm³/mol. The fourth-order valence-corrected chi connectivity index (χ4v) is 3.62. The molecule has 0 aliphatic carbocycles. The first kappa shape index (κ1) is 20.4. The average Bonchev–Trinajstić information content (AvgIpc) is 3.11. The molecule has 6 nitrogen and oxygen atoms in total. The zero-order valence-electron chi connectivity index (χ0n) is 14.6. The SMILES string of the molecule is O=C(Cc1ccc(Br)cc1)Nc1nnc(CCNC(=O)c2ccccc2Cl)s1. The van der Waals surface area contributed by atoms with Crippen LogP contribution in [0.15, 0.2) is 53.0 Å². The van der Waals surface area contributed by atoms with E-state index in [-0.39, 0.29) is 18.2 Å². The Hall–Kier alpha value is -2.29. The number of hydrogen-bond donors (Lipinski definition) is 2. The fraction of sp³-hybridized carbons (Fsp3) is 0.158. The molecule has 2 amide bonds. The van der Waals surface area contributed by atoms with Gasteiger partial charge in [-0.2, -0.15) is 0 Å². The van der Waals surface area contributed by atoms with Crippen LogP contribution in [0.5, 0.6) is 0 Å². The molecule has 28 heavy (non-hydrogen) atoms. The molecule has 0 unspecified atom stereocenters. The van der Waals surface area contributed by atoms with Gasteiger partial charge < -0.3 is 10.6 Å². The van der Waals surface area contributed by atoms with E-state index in [0.717, 1.165) is 15.0 Å². The van der Waals surface area contributed by atoms with Crippen LogP contribution in [0.4, 0.5) is 5.13 Å². The number of carbonyl (C=O) groups excluding carboxylic acids is 2. The van der Waals surface area contributed by atoms with Crippen LogP contribution in [0.1, 0.15) is 20.9 Å². The average molecular weight is 480 g/mol. The summed E-state index contributed by atoms with van der Waals surface area (Å²) < 4.78 is 0.965. The molecule has 0 spiro atoms. The van der Waals surface area contributed by atoms with Crippen LogP contribution >= 0.6 is 38.9 Å². The second-order valence-corrected chi connectivity index (χ2v) is 8.22. The standard InChI is InChI=1S/C19H16BrClN4O2S/c20-13-7-5-12(6-8-13)11-16(26)23-19-25-24-17(28-19)9-10-22-18(27)14-3-1-2-4-15(14)21/h1-8H,9-11H2,(H,22,27)(H,23,25,26). The minimum atomic E-state index is -0.238. The lowest BCUT2D eigenvalue weighted by Crippen LogP contribution is -2.25. The Morgan fingerprint density at radius 2 is 1.82 bits per heavy atom. The molecular weight excluding hydrogens is 464 g/mol. The molecule has 3 aromatic rings. The van der Waals surface area contributed by atoms with Gasteiger partial charge in [0.25, 0.3) is 5.91 Å². The van der Waals surface area contributed by atoms with Gasteiger partial charge in [-0.3, -0.25) is 9.59 Å². The highest BCUT2D eigenvalue weighted by Crippen LogP contribution is 2.17. The summed E-state index contributed by atoms with van der Waals surface area (Å²) >= 11 is 10.7. The van der Waals surface area contributed by atoms with Crippen LogP contribution in [-0.4, -0.2) is 28.6 Å². The second-order valence-electron chi connectivity index (χ2n) is 5.84. The normalized spacial score (nSPS) is 10.5. The molecule has 1 heterocycles. The van der Waals surface area contributed by atoms with Crippen LogP contribution in [0.3, 0.4) is 0 Å². The van der Waals surface area contributed by atoms with Crippen LogP contribution in [-0.2, 0) is 17.6 Å². The van der Waals surface area contributed by atoms with Crippen molar-refractivity contribution in [2.45, 2.75) is 12.8 Å². The number of aromatic nitrogens is 2. The highest BCUT2D eigenvalue weighted by molar-refractivity contribution is 9.10. The number of carbonyl (C=O) groups is 2. The largest absolute Gasteiger partial charge is 0.352 e. The van der Waals surface area contributed by atoms with Crippen molar-refractivity contribution in [1.82, 2.24) is 15.5 Å². The summed E-state index contributed by atoms with van der Waals surface area (Å²) in [6, 6.07) is 14.4. The van der Waals surface area contributed by atoms with Crippen molar-refractivity contribution in [3.63, 3.8) is 0 Å². The maximum absolute atomic E-state index is 12.1. The summed E-state index contributed by atoms with van der Waals surface area (Å²) in [6.07, 6.45) is 0.770. The number of anilines is 1. The first-order chi connectivity index (χ1) is 13.5. The Kier molecular flexibility index (Phi) is 7.13. The molecule has 0 atom stereocenters. The number of nitrogens with zero attached hydrogens (tertiary/aromatic N) is 2. The van der Waals surface area contributed by atoms with E-state index in [1.165, 1.54) is 11.3 Å². The van der Waals surface area contributed by atoms with E-state index in [1.807, 2.05) is 24.3 Å². The van der Waals surface area contributed by atoms with Crippen molar-refractivity contribution < 1.29 is 9.59 Å². The maximum atomic E-state index is 12.1. The van der Waals surface area contributed by atoms with Crippen molar-refractivity contribution in [2.75, 3.05) is 11.9 Å². The Balaban J connectivity index is 1.46. The lowest BCUT2D eigenvalue weighted by atomic mass is 10.1. The van der Waals surface area contributed by atoms with Gasteiger partial charge in [-0.15, -0.1) is 10.2 Å². The number of nitrogens with one attached hydrogen (secondary N) is 2. The van der Waals surface area contributed by atoms with Crippen molar-refractivity contribution in [3.8, 4) is 0 Å². The minimum Gasteiger partial charge on any atom is -0.352 e. The van der Waals surface area contributed by atoms with E-state index in [0.29, 0.717) is 28.7 Å². The summed E-state index contributed by atoms with van der Waals surface area (Å²) in [5.41, 5.74) is 1.34. The lowest BCUT2D eigenvalue weighted by Gasteiger charge is -2.05. The Bertz CT molecular complexity index is 978. The van der Waals surface area contributed by atoms with Crippen molar-refractivity contribution >= 4 is 55.8 Å². The minimum absolute atomic E-state index is 0.156. The number of halogens is 2. The number of amides is 2. The van der Waals surface area contributed by atoms with E-state index >= 15 is 0 Å². The lowest BCUT2D eigenvalue weighted by molar-refractivity contribution is -0.115. The van der Waals surface area contributed by atoms with Crippen LogP contribution < -0.4 is 10.6 Å². The van der Waals surface area contributed by atoms with E-state index in [4.69, 9.17) is 11.6 Å². The smallest absolute Gasteiger partial charge is 0.252 e. The zero-order chi connectivity index (χ0) is 19.9. The van der Waals surface area contributed by atoms with Gasteiger partial charge >= 0.3 is 0 Å². The number of rotatable bonds is 7. The monoisotopic (exact) mass is 478 g/mol. The summed E-state index contributed by atoms with van der Waals surface area (Å²) in [7, 11) is 0. The first-order valence-corrected chi connectivity index (χ1v) is 10.4. The summed E-state index contributed by atoms with van der Waals surface area (Å²) in [5, 5.41) is 15.1. The second kappa shape index (κ2) is 9.77. The molecule has 0 radical (unpaired) electrons. The Labute approximate surface area is 179 Å². The van der Waals surface area contributed by atoms with Gasteiger partial charge in [0, 0.05) is 17.4 Å². The highest BCUT2D eigenvalue weighted by atomic mass is 79.9. The van der Waals surface area contributed by atoms with Gasteiger partial charge in [0.1, 0.15) is 5.01 Å². The van der Waals surface area contributed by atoms with Crippen molar-refractivity contribution in [3.05, 3.63) is 74.2 Å². The molecule has 1 aromatic heterocycles. The van der Waals surface area contributed by atoms with Crippen molar-refractivity contribution in [2.24, 2.45) is 0 Å². The molecule has 9 heteroatoms. The first-order valence-electron chi connectivity index (χ1n) is 8.40. The van der Waals surface area contributed by atoms with E-state index in [9.17, 15) is 9.59 Å². The quantitative estimate of drug-likeness (QED) is 0.534. The van der Waals surface area contributed by atoms with Gasteiger partial charge in [-0.1, -0.05) is 63.1 Å². The third-order valence-electron chi connectivity index (χ3n) is 3.73. The highest BCUT2D eigenvalue weighted by Gasteiger charge is 2.11. The fourth-order valence-electron chi connectivity index (χ4n) is 2.38.